The monoisotopic (exact) mass is 486 g/mol. The summed E-state index contributed by atoms with van der Waals surface area (Å²) < 4.78 is 0. The third-order valence-electron chi connectivity index (χ3n) is 9.17. The Morgan fingerprint density at radius 1 is 0.639 bits per heavy atom. The fraction of sp³-hybridized carbons (Fsp3) is 0.588. The van der Waals surface area contributed by atoms with Crippen LogP contribution in [-0.2, 0) is 0 Å². The molecule has 2 aliphatic rings. The standard InChI is InChI=1S/C34H50N2/c1-2-5-26-8-12-28(13-9-26)16-17-29-14-10-27(11-15-29)6-3-4-7-34(30-18-22-32(35)23-19-30)31-20-24-33(36)25-21-31/h16-29,34H,2-15,35-36H2,1H3/b17-16+. The van der Waals surface area contributed by atoms with Gasteiger partial charge in [-0.2, -0.15) is 0 Å². The number of benzene rings is 2. The summed E-state index contributed by atoms with van der Waals surface area (Å²) in [6.45, 7) is 2.34. The molecule has 2 fully saturated rings. The Balaban J connectivity index is 1.17. The Hall–Kier alpha value is -2.22. The molecule has 0 spiro atoms. The molecule has 2 saturated carbocycles. The van der Waals surface area contributed by atoms with E-state index in [1.165, 1.54) is 101 Å². The summed E-state index contributed by atoms with van der Waals surface area (Å²) in [5, 5.41) is 0. The molecule has 0 amide bonds. The Morgan fingerprint density at radius 2 is 1.08 bits per heavy atom. The molecule has 0 aromatic heterocycles. The summed E-state index contributed by atoms with van der Waals surface area (Å²) in [7, 11) is 0. The number of allylic oxidation sites excluding steroid dienone is 2. The summed E-state index contributed by atoms with van der Waals surface area (Å²) in [4.78, 5) is 0. The van der Waals surface area contributed by atoms with Crippen molar-refractivity contribution in [3.05, 3.63) is 71.8 Å². The first-order chi connectivity index (χ1) is 17.6. The zero-order valence-corrected chi connectivity index (χ0v) is 22.7. The van der Waals surface area contributed by atoms with Gasteiger partial charge in [-0.1, -0.05) is 75.4 Å². The largest absolute Gasteiger partial charge is 0.399 e. The van der Waals surface area contributed by atoms with Crippen molar-refractivity contribution in [1.29, 1.82) is 0 Å². The maximum Gasteiger partial charge on any atom is 0.0314 e. The first kappa shape index (κ1) is 26.8. The van der Waals surface area contributed by atoms with E-state index in [1.807, 2.05) is 24.3 Å². The average molecular weight is 487 g/mol. The van der Waals surface area contributed by atoms with Gasteiger partial charge in [0.25, 0.3) is 0 Å². The van der Waals surface area contributed by atoms with Crippen molar-refractivity contribution in [2.24, 2.45) is 23.7 Å². The van der Waals surface area contributed by atoms with Gasteiger partial charge in [0, 0.05) is 17.3 Å². The molecule has 36 heavy (non-hydrogen) atoms. The molecule has 196 valence electrons. The van der Waals surface area contributed by atoms with Crippen LogP contribution >= 0.6 is 0 Å². The summed E-state index contributed by atoms with van der Waals surface area (Å²) in [6, 6.07) is 16.9. The molecule has 0 bridgehead atoms. The molecule has 4 rings (SSSR count). The summed E-state index contributed by atoms with van der Waals surface area (Å²) in [6.07, 6.45) is 24.7. The number of anilines is 2. The number of hydrogen-bond acceptors (Lipinski definition) is 2. The Labute approximate surface area is 220 Å². The van der Waals surface area contributed by atoms with E-state index < -0.39 is 0 Å². The molecule has 0 radical (unpaired) electrons. The number of hydrogen-bond donors (Lipinski definition) is 2. The van der Waals surface area contributed by atoms with Crippen molar-refractivity contribution in [2.45, 2.75) is 103 Å². The number of unbranched alkanes of at least 4 members (excludes halogenated alkanes) is 1. The summed E-state index contributed by atoms with van der Waals surface area (Å²) in [5.41, 5.74) is 16.3. The number of nitrogen functional groups attached to an aromatic ring is 2. The van der Waals surface area contributed by atoms with Crippen LogP contribution in [0, 0.1) is 23.7 Å². The minimum Gasteiger partial charge on any atom is -0.399 e. The van der Waals surface area contributed by atoms with Crippen LogP contribution in [0.25, 0.3) is 0 Å². The van der Waals surface area contributed by atoms with E-state index in [1.54, 1.807) is 0 Å². The number of rotatable bonds is 11. The SMILES string of the molecule is CCCC1CCC(/C=C/C2CCC(CCCCC(c3ccc(N)cc3)c3ccc(N)cc3)CC2)CC1. The molecule has 2 aromatic rings. The summed E-state index contributed by atoms with van der Waals surface area (Å²) >= 11 is 0. The van der Waals surface area contributed by atoms with Crippen molar-refractivity contribution in [3.8, 4) is 0 Å². The van der Waals surface area contributed by atoms with Crippen molar-refractivity contribution in [3.63, 3.8) is 0 Å². The van der Waals surface area contributed by atoms with Crippen molar-refractivity contribution >= 4 is 11.4 Å². The second kappa shape index (κ2) is 13.9. The highest BCUT2D eigenvalue weighted by Gasteiger charge is 2.22. The maximum atomic E-state index is 5.95. The molecule has 4 N–H and O–H groups in total. The Morgan fingerprint density at radius 3 is 1.53 bits per heavy atom. The lowest BCUT2D eigenvalue weighted by Crippen LogP contribution is -2.15. The fourth-order valence-electron chi connectivity index (χ4n) is 6.83. The molecular weight excluding hydrogens is 436 g/mol. The van der Waals surface area contributed by atoms with Crippen LogP contribution in [0.2, 0.25) is 0 Å². The second-order valence-electron chi connectivity index (χ2n) is 11.9. The van der Waals surface area contributed by atoms with Gasteiger partial charge >= 0.3 is 0 Å². The molecule has 2 aliphatic carbocycles. The normalized spacial score (nSPS) is 24.9. The zero-order valence-electron chi connectivity index (χ0n) is 22.7. The van der Waals surface area contributed by atoms with Gasteiger partial charge in [-0.05, 0) is 117 Å². The minimum absolute atomic E-state index is 0.420. The minimum atomic E-state index is 0.420. The van der Waals surface area contributed by atoms with E-state index >= 15 is 0 Å². The average Bonchev–Trinajstić information content (AvgIpc) is 2.91. The van der Waals surface area contributed by atoms with Gasteiger partial charge in [0.1, 0.15) is 0 Å². The molecule has 0 saturated heterocycles. The van der Waals surface area contributed by atoms with Gasteiger partial charge in [0.05, 0.1) is 0 Å². The van der Waals surface area contributed by atoms with Gasteiger partial charge < -0.3 is 11.5 Å². The highest BCUT2D eigenvalue weighted by atomic mass is 14.5. The van der Waals surface area contributed by atoms with Gasteiger partial charge in [-0.25, -0.2) is 0 Å². The molecule has 0 atom stereocenters. The predicted molar refractivity (Wildman–Crippen MR) is 157 cm³/mol. The molecule has 0 aliphatic heterocycles. The van der Waals surface area contributed by atoms with E-state index in [0.717, 1.165) is 35.0 Å². The molecular formula is C34H50N2. The molecule has 0 unspecified atom stereocenters. The number of nitrogens with two attached hydrogens (primary N) is 2. The Bertz CT molecular complexity index is 852. The third kappa shape index (κ3) is 8.15. The van der Waals surface area contributed by atoms with Gasteiger partial charge in [0.15, 0.2) is 0 Å². The maximum absolute atomic E-state index is 5.95. The van der Waals surface area contributed by atoms with Crippen LogP contribution in [0.5, 0.6) is 0 Å². The fourth-order valence-corrected chi connectivity index (χ4v) is 6.83. The summed E-state index contributed by atoms with van der Waals surface area (Å²) in [5.74, 6) is 4.08. The molecule has 2 heteroatoms. The van der Waals surface area contributed by atoms with Crippen LogP contribution in [0.1, 0.15) is 114 Å². The van der Waals surface area contributed by atoms with Crippen molar-refractivity contribution in [2.75, 3.05) is 11.5 Å². The van der Waals surface area contributed by atoms with Gasteiger partial charge in [-0.15, -0.1) is 0 Å². The first-order valence-corrected chi connectivity index (χ1v) is 15.0. The van der Waals surface area contributed by atoms with E-state index in [4.69, 9.17) is 11.5 Å². The second-order valence-corrected chi connectivity index (χ2v) is 11.9. The smallest absolute Gasteiger partial charge is 0.0314 e. The molecule has 0 heterocycles. The Kier molecular flexibility index (Phi) is 10.4. The van der Waals surface area contributed by atoms with Crippen LogP contribution in [0.15, 0.2) is 60.7 Å². The van der Waals surface area contributed by atoms with Crippen LogP contribution in [0.3, 0.4) is 0 Å². The first-order valence-electron chi connectivity index (χ1n) is 15.0. The highest BCUT2D eigenvalue weighted by molar-refractivity contribution is 5.45. The topological polar surface area (TPSA) is 52.0 Å². The quantitative estimate of drug-likeness (QED) is 0.189. The van der Waals surface area contributed by atoms with Crippen LogP contribution in [-0.4, -0.2) is 0 Å². The predicted octanol–water partition coefficient (Wildman–Crippen LogP) is 9.51. The molecule has 2 nitrogen and oxygen atoms in total. The van der Waals surface area contributed by atoms with E-state index in [0.29, 0.717) is 5.92 Å². The van der Waals surface area contributed by atoms with Gasteiger partial charge in [-0.3, -0.25) is 0 Å². The molecule has 2 aromatic carbocycles. The lowest BCUT2D eigenvalue weighted by molar-refractivity contribution is 0.281. The van der Waals surface area contributed by atoms with Gasteiger partial charge in [0.2, 0.25) is 0 Å². The lowest BCUT2D eigenvalue weighted by Gasteiger charge is -2.29. The van der Waals surface area contributed by atoms with E-state index in [2.05, 4.69) is 43.3 Å². The zero-order chi connectivity index (χ0) is 25.2. The van der Waals surface area contributed by atoms with Crippen LogP contribution in [0.4, 0.5) is 11.4 Å². The highest BCUT2D eigenvalue weighted by Crippen LogP contribution is 2.36. The lowest BCUT2D eigenvalue weighted by atomic mass is 9.77. The van der Waals surface area contributed by atoms with Crippen molar-refractivity contribution in [1.82, 2.24) is 0 Å². The van der Waals surface area contributed by atoms with E-state index in [9.17, 15) is 0 Å². The van der Waals surface area contributed by atoms with Crippen LogP contribution < -0.4 is 11.5 Å². The van der Waals surface area contributed by atoms with Crippen molar-refractivity contribution < 1.29 is 0 Å². The third-order valence-corrected chi connectivity index (χ3v) is 9.17. The van der Waals surface area contributed by atoms with E-state index in [-0.39, 0.29) is 0 Å².